The molecule has 0 saturated carbocycles. The minimum absolute atomic E-state index is 0.00179. The lowest BCUT2D eigenvalue weighted by Gasteiger charge is -2.14. The molecular formula is C22H23N3O4S. The number of aryl methyl sites for hydroxylation is 1. The molecule has 0 atom stereocenters. The highest BCUT2D eigenvalue weighted by Gasteiger charge is 2.18. The van der Waals surface area contributed by atoms with Crippen molar-refractivity contribution in [3.8, 4) is 11.1 Å². The number of nitrogens with zero attached hydrogens (tertiary/aromatic N) is 2. The maximum absolute atomic E-state index is 12.5. The van der Waals surface area contributed by atoms with Crippen molar-refractivity contribution < 1.29 is 13.2 Å². The van der Waals surface area contributed by atoms with Gasteiger partial charge in [0.1, 0.15) is 0 Å². The minimum Gasteiger partial charge on any atom is -0.325 e. The standard InChI is InChI=1S/C22H23N3O4S/c1-24(2)30(28,29)18-12-13-22(27)25(16-18)15-14-21(26)23-20-11-7-6-10-19(20)17-8-4-3-5-9-17/h3-13,16H,14-15H2,1-2H3,(H,23,26). The van der Waals surface area contributed by atoms with Gasteiger partial charge in [0.25, 0.3) is 5.56 Å². The molecule has 1 heterocycles. The van der Waals surface area contributed by atoms with Crippen molar-refractivity contribution in [3.05, 3.63) is 83.3 Å². The summed E-state index contributed by atoms with van der Waals surface area (Å²) >= 11 is 0. The van der Waals surface area contributed by atoms with Crippen molar-refractivity contribution in [1.82, 2.24) is 8.87 Å². The van der Waals surface area contributed by atoms with Crippen LogP contribution in [-0.2, 0) is 21.4 Å². The largest absolute Gasteiger partial charge is 0.325 e. The number of sulfonamides is 1. The van der Waals surface area contributed by atoms with Crippen LogP contribution in [0.2, 0.25) is 0 Å². The molecule has 1 N–H and O–H groups in total. The van der Waals surface area contributed by atoms with E-state index < -0.39 is 10.0 Å². The summed E-state index contributed by atoms with van der Waals surface area (Å²) in [6.07, 6.45) is 1.29. The summed E-state index contributed by atoms with van der Waals surface area (Å²) in [6.45, 7) is 0.0644. The van der Waals surface area contributed by atoms with Crippen LogP contribution in [0.15, 0.2) is 82.6 Å². The lowest BCUT2D eigenvalue weighted by Crippen LogP contribution is -2.27. The number of pyridine rings is 1. The van der Waals surface area contributed by atoms with Crippen molar-refractivity contribution >= 4 is 21.6 Å². The van der Waals surface area contributed by atoms with Gasteiger partial charge in [0.2, 0.25) is 15.9 Å². The molecule has 156 valence electrons. The highest BCUT2D eigenvalue weighted by molar-refractivity contribution is 7.89. The monoisotopic (exact) mass is 425 g/mol. The molecular weight excluding hydrogens is 402 g/mol. The van der Waals surface area contributed by atoms with Crippen molar-refractivity contribution in [3.63, 3.8) is 0 Å². The molecule has 0 fully saturated rings. The highest BCUT2D eigenvalue weighted by atomic mass is 32.2. The van der Waals surface area contributed by atoms with Gasteiger partial charge in [-0.1, -0.05) is 48.5 Å². The summed E-state index contributed by atoms with van der Waals surface area (Å²) in [5.41, 5.74) is 2.17. The van der Waals surface area contributed by atoms with Crippen LogP contribution < -0.4 is 10.9 Å². The molecule has 0 bridgehead atoms. The van der Waals surface area contributed by atoms with E-state index in [-0.39, 0.29) is 29.3 Å². The fraction of sp³-hybridized carbons (Fsp3) is 0.182. The molecule has 0 aliphatic carbocycles. The number of hydrogen-bond donors (Lipinski definition) is 1. The van der Waals surface area contributed by atoms with Crippen LogP contribution in [0.1, 0.15) is 6.42 Å². The highest BCUT2D eigenvalue weighted by Crippen LogP contribution is 2.27. The second kappa shape index (κ2) is 9.06. The van der Waals surface area contributed by atoms with Crippen molar-refractivity contribution in [2.24, 2.45) is 0 Å². The first-order valence-electron chi connectivity index (χ1n) is 9.36. The molecule has 30 heavy (non-hydrogen) atoms. The number of carbonyl (C=O) groups excluding carboxylic acids is 1. The Hall–Kier alpha value is -3.23. The molecule has 8 heteroatoms. The Labute approximate surface area is 175 Å². The molecule has 0 radical (unpaired) electrons. The predicted octanol–water partition coefficient (Wildman–Crippen LogP) is 2.79. The molecule has 0 saturated heterocycles. The first-order chi connectivity index (χ1) is 14.3. The van der Waals surface area contributed by atoms with Gasteiger partial charge < -0.3 is 9.88 Å². The van der Waals surface area contributed by atoms with E-state index in [2.05, 4.69) is 5.32 Å². The average molecular weight is 426 g/mol. The fourth-order valence-corrected chi connectivity index (χ4v) is 3.87. The lowest BCUT2D eigenvalue weighted by molar-refractivity contribution is -0.116. The number of carbonyl (C=O) groups is 1. The van der Waals surface area contributed by atoms with Gasteiger partial charge in [-0.05, 0) is 17.7 Å². The molecule has 7 nitrogen and oxygen atoms in total. The van der Waals surface area contributed by atoms with Gasteiger partial charge in [0.05, 0.1) is 4.90 Å². The molecule has 0 aliphatic rings. The number of nitrogens with one attached hydrogen (secondary N) is 1. The zero-order valence-electron chi connectivity index (χ0n) is 16.8. The van der Waals surface area contributed by atoms with E-state index in [4.69, 9.17) is 0 Å². The van der Waals surface area contributed by atoms with Crippen LogP contribution >= 0.6 is 0 Å². The van der Waals surface area contributed by atoms with E-state index in [9.17, 15) is 18.0 Å². The number of aromatic nitrogens is 1. The Kier molecular flexibility index (Phi) is 6.49. The van der Waals surface area contributed by atoms with E-state index in [1.165, 1.54) is 37.0 Å². The van der Waals surface area contributed by atoms with E-state index in [1.807, 2.05) is 54.6 Å². The van der Waals surface area contributed by atoms with Gasteiger partial charge in [0.15, 0.2) is 0 Å². The summed E-state index contributed by atoms with van der Waals surface area (Å²) < 4.78 is 26.9. The summed E-state index contributed by atoms with van der Waals surface area (Å²) in [6, 6.07) is 19.6. The van der Waals surface area contributed by atoms with Crippen LogP contribution in [0.25, 0.3) is 11.1 Å². The van der Waals surface area contributed by atoms with Crippen LogP contribution in [0.5, 0.6) is 0 Å². The van der Waals surface area contributed by atoms with Gasteiger partial charge in [-0.15, -0.1) is 0 Å². The van der Waals surface area contributed by atoms with Crippen LogP contribution in [0.3, 0.4) is 0 Å². The van der Waals surface area contributed by atoms with E-state index in [1.54, 1.807) is 0 Å². The second-order valence-corrected chi connectivity index (χ2v) is 9.05. The summed E-state index contributed by atoms with van der Waals surface area (Å²) in [4.78, 5) is 24.6. The van der Waals surface area contributed by atoms with Gasteiger partial charge in [0, 0.05) is 50.6 Å². The van der Waals surface area contributed by atoms with Gasteiger partial charge in [-0.25, -0.2) is 12.7 Å². The third-order valence-electron chi connectivity index (χ3n) is 4.60. The molecule has 2 aromatic carbocycles. The van der Waals surface area contributed by atoms with Gasteiger partial charge in [-0.2, -0.15) is 0 Å². The lowest BCUT2D eigenvalue weighted by atomic mass is 10.0. The van der Waals surface area contributed by atoms with Crippen LogP contribution in [-0.4, -0.2) is 37.3 Å². The first kappa shape index (κ1) is 21.5. The molecule has 0 aliphatic heterocycles. The van der Waals surface area contributed by atoms with Crippen LogP contribution in [0.4, 0.5) is 5.69 Å². The van der Waals surface area contributed by atoms with E-state index in [0.29, 0.717) is 5.69 Å². The molecule has 3 rings (SSSR count). The SMILES string of the molecule is CN(C)S(=O)(=O)c1ccc(=O)n(CCC(=O)Nc2ccccc2-c2ccccc2)c1. The molecule has 0 unspecified atom stereocenters. The third kappa shape index (κ3) is 4.84. The van der Waals surface area contributed by atoms with Gasteiger partial charge in [-0.3, -0.25) is 9.59 Å². The zero-order chi connectivity index (χ0) is 21.7. The molecule has 1 amide bonds. The van der Waals surface area contributed by atoms with Gasteiger partial charge >= 0.3 is 0 Å². The maximum Gasteiger partial charge on any atom is 0.250 e. The normalized spacial score (nSPS) is 11.4. The number of anilines is 1. The summed E-state index contributed by atoms with van der Waals surface area (Å²) in [5.74, 6) is -0.272. The third-order valence-corrected chi connectivity index (χ3v) is 6.40. The summed E-state index contributed by atoms with van der Waals surface area (Å²) in [5, 5.41) is 2.88. The Bertz CT molecular complexity index is 1200. The first-order valence-corrected chi connectivity index (χ1v) is 10.8. The smallest absolute Gasteiger partial charge is 0.250 e. The Morgan fingerprint density at radius 3 is 2.33 bits per heavy atom. The summed E-state index contributed by atoms with van der Waals surface area (Å²) in [7, 11) is -0.828. The Morgan fingerprint density at radius 1 is 0.967 bits per heavy atom. The fourth-order valence-electron chi connectivity index (χ4n) is 2.94. The Balaban J connectivity index is 1.75. The molecule has 3 aromatic rings. The second-order valence-electron chi connectivity index (χ2n) is 6.89. The Morgan fingerprint density at radius 2 is 1.63 bits per heavy atom. The zero-order valence-corrected chi connectivity index (χ0v) is 17.6. The number of hydrogen-bond acceptors (Lipinski definition) is 4. The van der Waals surface area contributed by atoms with E-state index in [0.717, 1.165) is 15.4 Å². The minimum atomic E-state index is -3.67. The number of para-hydroxylation sites is 1. The van der Waals surface area contributed by atoms with Crippen molar-refractivity contribution in [1.29, 1.82) is 0 Å². The number of amides is 1. The predicted molar refractivity (Wildman–Crippen MR) is 117 cm³/mol. The number of rotatable bonds is 7. The molecule has 0 spiro atoms. The van der Waals surface area contributed by atoms with Crippen molar-refractivity contribution in [2.75, 3.05) is 19.4 Å². The average Bonchev–Trinajstić information content (AvgIpc) is 2.74. The van der Waals surface area contributed by atoms with Crippen LogP contribution in [0, 0.1) is 0 Å². The maximum atomic E-state index is 12.5. The quantitative estimate of drug-likeness (QED) is 0.630. The topological polar surface area (TPSA) is 88.5 Å². The van der Waals surface area contributed by atoms with E-state index >= 15 is 0 Å². The number of benzene rings is 2. The molecule has 1 aromatic heterocycles. The van der Waals surface area contributed by atoms with Crippen molar-refractivity contribution in [2.45, 2.75) is 17.9 Å².